The zero-order valence-corrected chi connectivity index (χ0v) is 20.3. The first kappa shape index (κ1) is 20.4. The molecular weight excluding hydrogens is 448 g/mol. The zero-order chi connectivity index (χ0) is 24.3. The van der Waals surface area contributed by atoms with Gasteiger partial charge in [-0.15, -0.1) is 0 Å². The van der Waals surface area contributed by atoms with Crippen LogP contribution in [0.5, 0.6) is 0 Å². The Hall–Kier alpha value is -4.82. The second-order valence-corrected chi connectivity index (χ2v) is 9.76. The van der Waals surface area contributed by atoms with Crippen LogP contribution in [0.1, 0.15) is 0 Å². The molecule has 0 aliphatic heterocycles. The summed E-state index contributed by atoms with van der Waals surface area (Å²) in [6.07, 6.45) is 4.56. The molecule has 0 bridgehead atoms. The van der Waals surface area contributed by atoms with Gasteiger partial charge in [-0.05, 0) is 51.9 Å². The number of para-hydroxylation sites is 2. The van der Waals surface area contributed by atoms with Gasteiger partial charge in [0.15, 0.2) is 0 Å². The topological polar surface area (TPSA) is 9.86 Å². The normalized spacial score (nSPS) is 12.3. The van der Waals surface area contributed by atoms with Crippen molar-refractivity contribution >= 4 is 71.4 Å². The summed E-state index contributed by atoms with van der Waals surface area (Å²) in [5.41, 5.74) is 5.02. The smallest absolute Gasteiger partial charge is 0.0541 e. The third-order valence-corrected chi connectivity index (χ3v) is 7.81. The van der Waals surface area contributed by atoms with E-state index in [0.29, 0.717) is 0 Å². The molecule has 0 N–H and O–H groups in total. The quantitative estimate of drug-likeness (QED) is 0.242. The maximum absolute atomic E-state index is 2.42. The van der Waals surface area contributed by atoms with Crippen LogP contribution in [0, 0.1) is 0 Å². The minimum Gasteiger partial charge on any atom is -0.337 e. The summed E-state index contributed by atoms with van der Waals surface area (Å²) in [7, 11) is 0. The van der Waals surface area contributed by atoms with Gasteiger partial charge in [-0.2, -0.15) is 0 Å². The molecule has 6 aromatic carbocycles. The lowest BCUT2D eigenvalue weighted by atomic mass is 10.00. The number of hydrogen-bond donors (Lipinski definition) is 0. The van der Waals surface area contributed by atoms with Gasteiger partial charge in [0.1, 0.15) is 0 Å². The van der Waals surface area contributed by atoms with Gasteiger partial charge in [0.2, 0.25) is 0 Å². The Labute approximate surface area is 214 Å². The fourth-order valence-electron chi connectivity index (χ4n) is 6.20. The number of aromatic nitrogens is 2. The van der Waals surface area contributed by atoms with E-state index in [9.17, 15) is 0 Å². The number of nitrogens with zero attached hydrogens (tertiary/aromatic N) is 2. The van der Waals surface area contributed by atoms with E-state index >= 15 is 0 Å². The molecule has 0 saturated carbocycles. The molecule has 0 unspecified atom stereocenters. The van der Waals surface area contributed by atoms with Gasteiger partial charge in [-0.1, -0.05) is 97.1 Å². The fraction of sp³-hybridized carbons (Fsp3) is 0.0286. The Morgan fingerprint density at radius 2 is 0.892 bits per heavy atom. The third-order valence-electron chi connectivity index (χ3n) is 7.81. The van der Waals surface area contributed by atoms with Crippen LogP contribution in [0.4, 0.5) is 0 Å². The standard InChI is InChI=1S/C35H24N2/c1-3-12-26-24(10-1)18-20-32-34(26)35-27-13-4-2-11-25(27)19-21-33(35)37(32)23-9-22-36-30-16-7-5-14-28(30)29-15-6-8-17-31(29)36/h1-21,23H,22H2/b23-9+. The van der Waals surface area contributed by atoms with Crippen molar-refractivity contribution in [2.75, 3.05) is 0 Å². The van der Waals surface area contributed by atoms with Gasteiger partial charge in [0.25, 0.3) is 0 Å². The molecule has 0 aliphatic rings. The Balaban J connectivity index is 1.37. The van der Waals surface area contributed by atoms with E-state index in [1.165, 1.54) is 65.2 Å². The molecule has 0 amide bonds. The van der Waals surface area contributed by atoms with Crippen molar-refractivity contribution in [1.82, 2.24) is 9.13 Å². The van der Waals surface area contributed by atoms with Gasteiger partial charge >= 0.3 is 0 Å². The van der Waals surface area contributed by atoms with Gasteiger partial charge in [0, 0.05) is 45.3 Å². The summed E-state index contributed by atoms with van der Waals surface area (Å²) in [4.78, 5) is 0. The lowest BCUT2D eigenvalue weighted by Crippen LogP contribution is -1.95. The van der Waals surface area contributed by atoms with Gasteiger partial charge in [-0.25, -0.2) is 0 Å². The van der Waals surface area contributed by atoms with Crippen molar-refractivity contribution in [1.29, 1.82) is 0 Å². The van der Waals surface area contributed by atoms with Crippen LogP contribution in [0.25, 0.3) is 71.4 Å². The summed E-state index contributed by atoms with van der Waals surface area (Å²) in [6, 6.07) is 43.9. The van der Waals surface area contributed by atoms with Crippen molar-refractivity contribution in [3.63, 3.8) is 0 Å². The van der Waals surface area contributed by atoms with Crippen molar-refractivity contribution in [2.24, 2.45) is 0 Å². The van der Waals surface area contributed by atoms with Crippen molar-refractivity contribution in [3.05, 3.63) is 127 Å². The molecule has 0 fully saturated rings. The maximum atomic E-state index is 2.42. The molecule has 0 aliphatic carbocycles. The Bertz CT molecular complexity index is 2030. The summed E-state index contributed by atoms with van der Waals surface area (Å²) in [5, 5.41) is 10.4. The van der Waals surface area contributed by atoms with E-state index < -0.39 is 0 Å². The van der Waals surface area contributed by atoms with E-state index in [-0.39, 0.29) is 0 Å². The summed E-state index contributed by atoms with van der Waals surface area (Å²) >= 11 is 0. The molecule has 2 heterocycles. The van der Waals surface area contributed by atoms with Crippen LogP contribution < -0.4 is 0 Å². The molecule has 0 spiro atoms. The van der Waals surface area contributed by atoms with Crippen LogP contribution in [-0.2, 0) is 6.54 Å². The molecule has 37 heavy (non-hydrogen) atoms. The lowest BCUT2D eigenvalue weighted by Gasteiger charge is -2.05. The fourth-order valence-corrected chi connectivity index (χ4v) is 6.20. The second-order valence-electron chi connectivity index (χ2n) is 9.76. The van der Waals surface area contributed by atoms with E-state index in [2.05, 4.69) is 143 Å². The number of allylic oxidation sites excluding steroid dienone is 1. The Morgan fingerprint density at radius 1 is 0.432 bits per heavy atom. The van der Waals surface area contributed by atoms with Gasteiger partial charge < -0.3 is 9.13 Å². The first-order chi connectivity index (χ1) is 18.4. The molecule has 0 radical (unpaired) electrons. The molecule has 2 aromatic heterocycles. The minimum atomic E-state index is 0.802. The third kappa shape index (κ3) is 2.93. The Kier molecular flexibility index (Phi) is 4.32. The second kappa shape index (κ2) is 7.84. The largest absolute Gasteiger partial charge is 0.337 e. The highest BCUT2D eigenvalue weighted by molar-refractivity contribution is 6.28. The SMILES string of the molecule is C(=C\n1c2ccc3ccccc3c2c2c3ccccc3ccc21)/Cn1c2ccccc2c2ccccc21. The van der Waals surface area contributed by atoms with Crippen LogP contribution >= 0.6 is 0 Å². The summed E-state index contributed by atoms with van der Waals surface area (Å²) in [6.45, 7) is 0.802. The maximum Gasteiger partial charge on any atom is 0.0541 e. The zero-order valence-electron chi connectivity index (χ0n) is 20.3. The van der Waals surface area contributed by atoms with Crippen molar-refractivity contribution in [3.8, 4) is 0 Å². The summed E-state index contributed by atoms with van der Waals surface area (Å²) in [5.74, 6) is 0. The van der Waals surface area contributed by atoms with E-state index in [0.717, 1.165) is 6.54 Å². The highest BCUT2D eigenvalue weighted by Gasteiger charge is 2.15. The Morgan fingerprint density at radius 3 is 1.43 bits per heavy atom. The highest BCUT2D eigenvalue weighted by Crippen LogP contribution is 2.39. The summed E-state index contributed by atoms with van der Waals surface area (Å²) < 4.78 is 4.79. The molecule has 8 aromatic rings. The van der Waals surface area contributed by atoms with Crippen molar-refractivity contribution in [2.45, 2.75) is 6.54 Å². The van der Waals surface area contributed by atoms with Crippen LogP contribution in [0.3, 0.4) is 0 Å². The van der Waals surface area contributed by atoms with Gasteiger partial charge in [0.05, 0.1) is 11.0 Å². The molecule has 2 nitrogen and oxygen atoms in total. The molecule has 8 rings (SSSR count). The molecule has 2 heteroatoms. The number of hydrogen-bond acceptors (Lipinski definition) is 0. The average Bonchev–Trinajstić information content (AvgIpc) is 3.46. The number of rotatable bonds is 3. The number of fused-ring (bicyclic) bond motifs is 10. The minimum absolute atomic E-state index is 0.802. The molecular formula is C35H24N2. The monoisotopic (exact) mass is 472 g/mol. The predicted molar refractivity (Wildman–Crippen MR) is 159 cm³/mol. The number of benzene rings is 6. The van der Waals surface area contributed by atoms with Crippen molar-refractivity contribution < 1.29 is 0 Å². The molecule has 0 saturated heterocycles. The average molecular weight is 473 g/mol. The van der Waals surface area contributed by atoms with Crippen LogP contribution in [-0.4, -0.2) is 9.13 Å². The van der Waals surface area contributed by atoms with Gasteiger partial charge in [-0.3, -0.25) is 0 Å². The lowest BCUT2D eigenvalue weighted by molar-refractivity contribution is 0.899. The predicted octanol–water partition coefficient (Wildman–Crippen LogP) is 9.38. The first-order valence-corrected chi connectivity index (χ1v) is 12.8. The van der Waals surface area contributed by atoms with Crippen LogP contribution in [0.15, 0.2) is 127 Å². The van der Waals surface area contributed by atoms with E-state index in [1.54, 1.807) is 0 Å². The first-order valence-electron chi connectivity index (χ1n) is 12.8. The van der Waals surface area contributed by atoms with E-state index in [1.807, 2.05) is 0 Å². The highest BCUT2D eigenvalue weighted by atomic mass is 15.0. The van der Waals surface area contributed by atoms with E-state index in [4.69, 9.17) is 0 Å². The molecule has 174 valence electrons. The van der Waals surface area contributed by atoms with Crippen LogP contribution in [0.2, 0.25) is 0 Å². The molecule has 0 atom stereocenters.